The van der Waals surface area contributed by atoms with Crippen LogP contribution in [0.15, 0.2) is 53.4 Å². The number of rotatable bonds is 5. The summed E-state index contributed by atoms with van der Waals surface area (Å²) in [7, 11) is -2.01. The van der Waals surface area contributed by atoms with E-state index in [4.69, 9.17) is 22.1 Å². The highest BCUT2D eigenvalue weighted by atomic mass is 35.5. The van der Waals surface area contributed by atoms with Crippen molar-refractivity contribution in [2.24, 2.45) is 5.73 Å². The molecular formula is C15H16ClNO3S. The fourth-order valence-corrected chi connectivity index (χ4v) is 3.79. The molecule has 6 heteroatoms. The minimum atomic E-state index is -3.56. The number of nitrogens with two attached hydrogens (primary N) is 1. The molecule has 0 amide bonds. The van der Waals surface area contributed by atoms with E-state index in [-0.39, 0.29) is 11.4 Å². The third kappa shape index (κ3) is 3.37. The average Bonchev–Trinajstić information content (AvgIpc) is 2.49. The Morgan fingerprint density at radius 1 is 1.10 bits per heavy atom. The second-order valence-corrected chi connectivity index (χ2v) is 7.06. The van der Waals surface area contributed by atoms with E-state index in [1.54, 1.807) is 43.5 Å². The molecule has 0 radical (unpaired) electrons. The van der Waals surface area contributed by atoms with Crippen LogP contribution in [-0.4, -0.2) is 22.1 Å². The molecular weight excluding hydrogens is 310 g/mol. The Hall–Kier alpha value is -1.56. The van der Waals surface area contributed by atoms with Crippen molar-refractivity contribution >= 4 is 21.4 Å². The van der Waals surface area contributed by atoms with Gasteiger partial charge in [-0.3, -0.25) is 0 Å². The summed E-state index contributed by atoms with van der Waals surface area (Å²) in [5.74, 6) is 0.665. The summed E-state index contributed by atoms with van der Waals surface area (Å²) in [5.41, 5.74) is 6.32. The van der Waals surface area contributed by atoms with Gasteiger partial charge in [0.1, 0.15) is 11.0 Å². The molecule has 0 unspecified atom stereocenters. The molecule has 112 valence electrons. The summed E-state index contributed by atoms with van der Waals surface area (Å²) < 4.78 is 30.4. The molecule has 4 nitrogen and oxygen atoms in total. The predicted molar refractivity (Wildman–Crippen MR) is 83.4 cm³/mol. The lowest BCUT2D eigenvalue weighted by Gasteiger charge is -2.16. The molecule has 0 aliphatic rings. The van der Waals surface area contributed by atoms with Crippen molar-refractivity contribution in [3.63, 3.8) is 0 Å². The van der Waals surface area contributed by atoms with Crippen molar-refractivity contribution in [1.29, 1.82) is 0 Å². The van der Waals surface area contributed by atoms with Crippen molar-refractivity contribution in [2.75, 3.05) is 13.7 Å². The Morgan fingerprint density at radius 3 is 2.14 bits per heavy atom. The Labute approximate surface area is 129 Å². The van der Waals surface area contributed by atoms with Crippen molar-refractivity contribution in [3.8, 4) is 5.75 Å². The van der Waals surface area contributed by atoms with Crippen molar-refractivity contribution in [1.82, 2.24) is 0 Å². The van der Waals surface area contributed by atoms with Crippen LogP contribution in [0, 0.1) is 0 Å². The number of halogens is 1. The molecule has 0 heterocycles. The fourth-order valence-electron chi connectivity index (χ4n) is 2.05. The SMILES string of the molecule is COc1ccc([C@@H](CN)S(=O)(=O)c2ccc(Cl)cc2)cc1. The predicted octanol–water partition coefficient (Wildman–Crippen LogP) is 2.82. The molecule has 21 heavy (non-hydrogen) atoms. The molecule has 0 aliphatic heterocycles. The highest BCUT2D eigenvalue weighted by molar-refractivity contribution is 7.91. The number of ether oxygens (including phenoxy) is 1. The quantitative estimate of drug-likeness (QED) is 0.917. The van der Waals surface area contributed by atoms with Gasteiger partial charge in [-0.25, -0.2) is 8.42 Å². The van der Waals surface area contributed by atoms with E-state index < -0.39 is 15.1 Å². The van der Waals surface area contributed by atoms with E-state index in [2.05, 4.69) is 0 Å². The van der Waals surface area contributed by atoms with Gasteiger partial charge < -0.3 is 10.5 Å². The number of benzene rings is 2. The van der Waals surface area contributed by atoms with E-state index in [1.165, 1.54) is 12.1 Å². The second-order valence-electron chi connectivity index (χ2n) is 4.50. The normalized spacial score (nSPS) is 12.9. The summed E-state index contributed by atoms with van der Waals surface area (Å²) in [5, 5.41) is -0.313. The van der Waals surface area contributed by atoms with E-state index in [1.807, 2.05) is 0 Å². The first-order chi connectivity index (χ1) is 9.98. The summed E-state index contributed by atoms with van der Waals surface area (Å²) in [4.78, 5) is 0.207. The fraction of sp³-hybridized carbons (Fsp3) is 0.200. The molecule has 0 spiro atoms. The maximum absolute atomic E-state index is 12.7. The van der Waals surface area contributed by atoms with Gasteiger partial charge in [-0.15, -0.1) is 0 Å². The van der Waals surface area contributed by atoms with E-state index in [9.17, 15) is 8.42 Å². The highest BCUT2D eigenvalue weighted by Gasteiger charge is 2.27. The van der Waals surface area contributed by atoms with Gasteiger partial charge in [-0.05, 0) is 42.0 Å². The molecule has 1 atom stereocenters. The third-order valence-corrected chi connectivity index (χ3v) is 5.61. The number of methoxy groups -OCH3 is 1. The average molecular weight is 326 g/mol. The largest absolute Gasteiger partial charge is 0.497 e. The molecule has 0 aliphatic carbocycles. The molecule has 0 saturated carbocycles. The van der Waals surface area contributed by atoms with Crippen LogP contribution < -0.4 is 10.5 Å². The molecule has 2 aromatic carbocycles. The monoisotopic (exact) mass is 325 g/mol. The van der Waals surface area contributed by atoms with Gasteiger partial charge in [0.2, 0.25) is 0 Å². The minimum Gasteiger partial charge on any atom is -0.497 e. The van der Waals surface area contributed by atoms with Crippen LogP contribution in [0.2, 0.25) is 5.02 Å². The summed E-state index contributed by atoms with van der Waals surface area (Å²) in [6.07, 6.45) is 0. The van der Waals surface area contributed by atoms with Crippen LogP contribution in [-0.2, 0) is 9.84 Å². The summed E-state index contributed by atoms with van der Waals surface area (Å²) >= 11 is 5.79. The maximum Gasteiger partial charge on any atom is 0.186 e. The van der Waals surface area contributed by atoms with E-state index in [0.29, 0.717) is 16.3 Å². The topological polar surface area (TPSA) is 69.4 Å². The zero-order valence-corrected chi connectivity index (χ0v) is 13.1. The van der Waals surface area contributed by atoms with Gasteiger partial charge in [0.05, 0.1) is 12.0 Å². The zero-order chi connectivity index (χ0) is 15.5. The molecule has 0 fully saturated rings. The maximum atomic E-state index is 12.7. The number of hydrogen-bond donors (Lipinski definition) is 1. The Kier molecular flexibility index (Phi) is 4.88. The standard InChI is InChI=1S/C15H16ClNO3S/c1-20-13-6-2-11(3-7-13)15(10-17)21(18,19)14-8-4-12(16)5-9-14/h2-9,15H,10,17H2,1H3/t15-/m1/s1. The Morgan fingerprint density at radius 2 is 1.67 bits per heavy atom. The van der Waals surface area contributed by atoms with Crippen LogP contribution in [0.4, 0.5) is 0 Å². The smallest absolute Gasteiger partial charge is 0.186 e. The zero-order valence-electron chi connectivity index (χ0n) is 11.5. The van der Waals surface area contributed by atoms with Crippen LogP contribution in [0.25, 0.3) is 0 Å². The van der Waals surface area contributed by atoms with Crippen molar-refractivity contribution in [2.45, 2.75) is 10.1 Å². The Balaban J connectivity index is 2.41. The molecule has 0 bridgehead atoms. The molecule has 2 aromatic rings. The van der Waals surface area contributed by atoms with Gasteiger partial charge in [-0.1, -0.05) is 23.7 Å². The number of hydrogen-bond acceptors (Lipinski definition) is 4. The molecule has 0 aromatic heterocycles. The molecule has 0 saturated heterocycles. The van der Waals surface area contributed by atoms with Gasteiger partial charge in [0, 0.05) is 11.6 Å². The Bertz CT molecular complexity index is 697. The van der Waals surface area contributed by atoms with Crippen LogP contribution in [0.5, 0.6) is 5.75 Å². The summed E-state index contributed by atoms with van der Waals surface area (Å²) in [6, 6.07) is 12.9. The first kappa shape index (κ1) is 15.8. The molecule has 2 rings (SSSR count). The van der Waals surface area contributed by atoms with Gasteiger partial charge in [-0.2, -0.15) is 0 Å². The van der Waals surface area contributed by atoms with Crippen molar-refractivity contribution in [3.05, 3.63) is 59.1 Å². The van der Waals surface area contributed by atoms with E-state index in [0.717, 1.165) is 0 Å². The lowest BCUT2D eigenvalue weighted by molar-refractivity contribution is 0.414. The number of sulfone groups is 1. The lowest BCUT2D eigenvalue weighted by Crippen LogP contribution is -2.22. The van der Waals surface area contributed by atoms with Crippen LogP contribution in [0.1, 0.15) is 10.8 Å². The highest BCUT2D eigenvalue weighted by Crippen LogP contribution is 2.29. The first-order valence-electron chi connectivity index (χ1n) is 6.32. The summed E-state index contributed by atoms with van der Waals surface area (Å²) in [6.45, 7) is -0.00269. The van der Waals surface area contributed by atoms with Gasteiger partial charge in [0.15, 0.2) is 9.84 Å². The minimum absolute atomic E-state index is 0.00269. The lowest BCUT2D eigenvalue weighted by atomic mass is 10.1. The van der Waals surface area contributed by atoms with E-state index >= 15 is 0 Å². The first-order valence-corrected chi connectivity index (χ1v) is 8.25. The molecule has 2 N–H and O–H groups in total. The van der Waals surface area contributed by atoms with Crippen LogP contribution in [0.3, 0.4) is 0 Å². The second kappa shape index (κ2) is 6.47. The van der Waals surface area contributed by atoms with Crippen molar-refractivity contribution < 1.29 is 13.2 Å². The van der Waals surface area contributed by atoms with Gasteiger partial charge in [0.25, 0.3) is 0 Å². The third-order valence-electron chi connectivity index (χ3n) is 3.22. The van der Waals surface area contributed by atoms with Gasteiger partial charge >= 0.3 is 0 Å². The van der Waals surface area contributed by atoms with Crippen LogP contribution >= 0.6 is 11.6 Å².